The number of benzene rings is 1. The molecular formula is C15H11BrClF3N4OS. The molecule has 1 aliphatic rings. The van der Waals surface area contributed by atoms with Crippen molar-refractivity contribution in [1.82, 2.24) is 20.0 Å². The molecule has 138 valence electrons. The molecule has 2 aromatic heterocycles. The van der Waals surface area contributed by atoms with Crippen LogP contribution in [0.4, 0.5) is 13.2 Å². The molecule has 11 heteroatoms. The maximum atomic E-state index is 12.9. The van der Waals surface area contributed by atoms with E-state index in [1.807, 2.05) is 0 Å². The summed E-state index contributed by atoms with van der Waals surface area (Å²) in [6.45, 7) is 0.604. The lowest BCUT2D eigenvalue weighted by atomic mass is 10.1. The molecule has 3 heterocycles. The second kappa shape index (κ2) is 6.74. The number of rotatable bonds is 2. The normalized spacial score (nSPS) is 18.6. The van der Waals surface area contributed by atoms with Gasteiger partial charge in [-0.25, -0.2) is 4.68 Å². The average Bonchev–Trinajstić information content (AvgIpc) is 3.19. The first-order valence-electron chi connectivity index (χ1n) is 7.74. The van der Waals surface area contributed by atoms with Gasteiger partial charge in [0.05, 0.1) is 10.5 Å². The SMILES string of the molecule is FC(F)(F)c1nnc(-c2nn(C3CCCCO3)c3c(Cl)cc(Br)cc23)s1. The zero-order valence-corrected chi connectivity index (χ0v) is 16.2. The van der Waals surface area contributed by atoms with Crippen LogP contribution in [-0.4, -0.2) is 26.6 Å². The van der Waals surface area contributed by atoms with Crippen molar-refractivity contribution in [3.8, 4) is 10.7 Å². The first kappa shape index (κ1) is 18.1. The van der Waals surface area contributed by atoms with Crippen LogP contribution in [0.25, 0.3) is 21.6 Å². The second-order valence-corrected chi connectivity index (χ2v) is 8.11. The summed E-state index contributed by atoms with van der Waals surface area (Å²) in [4.78, 5) is 0. The van der Waals surface area contributed by atoms with Crippen LogP contribution in [0, 0.1) is 0 Å². The van der Waals surface area contributed by atoms with Crippen molar-refractivity contribution >= 4 is 49.8 Å². The minimum Gasteiger partial charge on any atom is -0.356 e. The lowest BCUT2D eigenvalue weighted by Crippen LogP contribution is -2.19. The summed E-state index contributed by atoms with van der Waals surface area (Å²) in [6.07, 6.45) is -2.15. The number of hydrogen-bond acceptors (Lipinski definition) is 5. The van der Waals surface area contributed by atoms with E-state index in [1.54, 1.807) is 16.8 Å². The predicted octanol–water partition coefficient (Wildman–Crippen LogP) is 5.69. The maximum absolute atomic E-state index is 12.9. The molecule has 0 saturated carbocycles. The predicted molar refractivity (Wildman–Crippen MR) is 95.2 cm³/mol. The summed E-state index contributed by atoms with van der Waals surface area (Å²) in [7, 11) is 0. The number of nitrogens with zero attached hydrogens (tertiary/aromatic N) is 4. The number of ether oxygens (including phenoxy) is 1. The Kier molecular flexibility index (Phi) is 4.70. The van der Waals surface area contributed by atoms with Crippen LogP contribution in [0.15, 0.2) is 16.6 Å². The van der Waals surface area contributed by atoms with Crippen LogP contribution in [0.1, 0.15) is 30.5 Å². The lowest BCUT2D eigenvalue weighted by molar-refractivity contribution is -0.138. The third kappa shape index (κ3) is 3.23. The highest BCUT2D eigenvalue weighted by atomic mass is 79.9. The summed E-state index contributed by atoms with van der Waals surface area (Å²) >= 11 is 10.2. The summed E-state index contributed by atoms with van der Waals surface area (Å²) < 4.78 is 46.8. The highest BCUT2D eigenvalue weighted by Crippen LogP contribution is 2.40. The van der Waals surface area contributed by atoms with Gasteiger partial charge in [-0.15, -0.1) is 10.2 Å². The monoisotopic (exact) mass is 466 g/mol. The molecule has 0 amide bonds. The first-order valence-corrected chi connectivity index (χ1v) is 9.73. The Hall–Kier alpha value is -1.23. The van der Waals surface area contributed by atoms with Crippen molar-refractivity contribution in [2.24, 2.45) is 0 Å². The Morgan fingerprint density at radius 1 is 1.27 bits per heavy atom. The molecule has 3 aromatic rings. The van der Waals surface area contributed by atoms with E-state index in [-0.39, 0.29) is 11.2 Å². The number of hydrogen-bond donors (Lipinski definition) is 0. The van der Waals surface area contributed by atoms with Crippen molar-refractivity contribution in [3.05, 3.63) is 26.6 Å². The van der Waals surface area contributed by atoms with E-state index < -0.39 is 11.2 Å². The van der Waals surface area contributed by atoms with Crippen LogP contribution in [-0.2, 0) is 10.9 Å². The van der Waals surface area contributed by atoms with Crippen LogP contribution in [0.3, 0.4) is 0 Å². The fraction of sp³-hybridized carbons (Fsp3) is 0.400. The van der Waals surface area contributed by atoms with Crippen LogP contribution in [0.5, 0.6) is 0 Å². The van der Waals surface area contributed by atoms with Crippen molar-refractivity contribution < 1.29 is 17.9 Å². The Morgan fingerprint density at radius 2 is 2.08 bits per heavy atom. The fourth-order valence-corrected chi connectivity index (χ4v) is 4.51. The quantitative estimate of drug-likeness (QED) is 0.486. The second-order valence-electron chi connectivity index (χ2n) is 5.81. The van der Waals surface area contributed by atoms with Gasteiger partial charge in [0.2, 0.25) is 5.01 Å². The van der Waals surface area contributed by atoms with Crippen LogP contribution >= 0.6 is 38.9 Å². The first-order chi connectivity index (χ1) is 12.3. The largest absolute Gasteiger partial charge is 0.445 e. The molecule has 1 aliphatic heterocycles. The van der Waals surface area contributed by atoms with Gasteiger partial charge in [0.25, 0.3) is 0 Å². The van der Waals surface area contributed by atoms with Crippen molar-refractivity contribution in [1.29, 1.82) is 0 Å². The summed E-state index contributed by atoms with van der Waals surface area (Å²) in [5, 5.41) is 11.6. The van der Waals surface area contributed by atoms with E-state index in [9.17, 15) is 13.2 Å². The van der Waals surface area contributed by atoms with Gasteiger partial charge < -0.3 is 4.74 Å². The van der Waals surface area contributed by atoms with E-state index in [0.29, 0.717) is 44.0 Å². The van der Waals surface area contributed by atoms with E-state index in [2.05, 4.69) is 31.2 Å². The minimum absolute atomic E-state index is 0.0889. The summed E-state index contributed by atoms with van der Waals surface area (Å²) in [5.41, 5.74) is 0.922. The van der Waals surface area contributed by atoms with Gasteiger partial charge in [-0.3, -0.25) is 0 Å². The molecule has 0 N–H and O–H groups in total. The molecule has 0 bridgehead atoms. The zero-order chi connectivity index (χ0) is 18.5. The Morgan fingerprint density at radius 3 is 2.73 bits per heavy atom. The van der Waals surface area contributed by atoms with Gasteiger partial charge in [-0.2, -0.15) is 18.3 Å². The van der Waals surface area contributed by atoms with Gasteiger partial charge in [-0.05, 0) is 31.4 Å². The summed E-state index contributed by atoms with van der Waals surface area (Å²) in [6, 6.07) is 3.48. The molecule has 1 atom stereocenters. The smallest absolute Gasteiger partial charge is 0.356 e. The number of halogens is 5. The van der Waals surface area contributed by atoms with Gasteiger partial charge in [-0.1, -0.05) is 38.9 Å². The number of alkyl halides is 3. The van der Waals surface area contributed by atoms with E-state index in [0.717, 1.165) is 19.3 Å². The molecule has 1 saturated heterocycles. The standard InChI is InChI=1S/C15H11BrClF3N4OS/c16-7-5-8-11(13-21-22-14(26-13)15(18,19)20)23-24(12(8)9(17)6-7)10-3-1-2-4-25-10/h5-6,10H,1-4H2. The Balaban J connectivity index is 1.90. The van der Waals surface area contributed by atoms with E-state index >= 15 is 0 Å². The third-order valence-electron chi connectivity index (χ3n) is 4.02. The molecular weight excluding hydrogens is 457 g/mol. The molecule has 0 spiro atoms. The van der Waals surface area contributed by atoms with Gasteiger partial charge in [0.15, 0.2) is 11.2 Å². The molecule has 4 rings (SSSR count). The van der Waals surface area contributed by atoms with Crippen LogP contribution < -0.4 is 0 Å². The topological polar surface area (TPSA) is 52.8 Å². The molecule has 1 unspecified atom stereocenters. The maximum Gasteiger partial charge on any atom is 0.445 e. The lowest BCUT2D eigenvalue weighted by Gasteiger charge is -2.23. The minimum atomic E-state index is -4.54. The highest BCUT2D eigenvalue weighted by molar-refractivity contribution is 9.10. The average molecular weight is 468 g/mol. The fourth-order valence-electron chi connectivity index (χ4n) is 2.91. The van der Waals surface area contributed by atoms with Crippen molar-refractivity contribution in [2.45, 2.75) is 31.7 Å². The van der Waals surface area contributed by atoms with Crippen LogP contribution in [0.2, 0.25) is 5.02 Å². The van der Waals surface area contributed by atoms with Gasteiger partial charge in [0.1, 0.15) is 5.69 Å². The third-order valence-corrected chi connectivity index (χ3v) is 5.74. The number of aromatic nitrogens is 4. The Bertz CT molecular complexity index is 968. The molecule has 1 aromatic carbocycles. The van der Waals surface area contributed by atoms with E-state index in [1.165, 1.54) is 0 Å². The molecule has 26 heavy (non-hydrogen) atoms. The van der Waals surface area contributed by atoms with Crippen molar-refractivity contribution in [3.63, 3.8) is 0 Å². The zero-order valence-electron chi connectivity index (χ0n) is 13.1. The number of fused-ring (bicyclic) bond motifs is 1. The van der Waals surface area contributed by atoms with Crippen molar-refractivity contribution in [2.75, 3.05) is 6.61 Å². The molecule has 0 radical (unpaired) electrons. The molecule has 0 aliphatic carbocycles. The molecule has 1 fully saturated rings. The molecule has 5 nitrogen and oxygen atoms in total. The van der Waals surface area contributed by atoms with E-state index in [4.69, 9.17) is 16.3 Å². The highest BCUT2D eigenvalue weighted by Gasteiger charge is 2.36. The van der Waals surface area contributed by atoms with Gasteiger partial charge in [0, 0.05) is 16.5 Å². The van der Waals surface area contributed by atoms with Gasteiger partial charge >= 0.3 is 6.18 Å². The summed E-state index contributed by atoms with van der Waals surface area (Å²) in [5.74, 6) is 0. The Labute approximate surface area is 163 Å².